The molecule has 0 bridgehead atoms. The third-order valence-corrected chi connectivity index (χ3v) is 13.9. The minimum Gasteiger partial charge on any atom is -0.455 e. The zero-order valence-electron chi connectivity index (χ0n) is 33.4. The predicted molar refractivity (Wildman–Crippen MR) is 248 cm³/mol. The number of rotatable bonds is 4. The molecule has 1 heterocycles. The van der Waals surface area contributed by atoms with E-state index in [0.717, 1.165) is 44.7 Å². The highest BCUT2D eigenvalue weighted by Gasteiger charge is 2.52. The summed E-state index contributed by atoms with van der Waals surface area (Å²) in [5, 5.41) is 2.32. The van der Waals surface area contributed by atoms with Gasteiger partial charge in [0.25, 0.3) is 0 Å². The van der Waals surface area contributed by atoms with Crippen molar-refractivity contribution in [3.8, 4) is 44.5 Å². The molecule has 0 saturated carbocycles. The van der Waals surface area contributed by atoms with E-state index in [9.17, 15) is 0 Å². The summed E-state index contributed by atoms with van der Waals surface area (Å²) in [6.07, 6.45) is 0. The second kappa shape index (κ2) is 12.1. The molecule has 0 N–H and O–H groups in total. The molecule has 1 aromatic heterocycles. The molecule has 10 aromatic rings. The zero-order chi connectivity index (χ0) is 39.7. The minimum absolute atomic E-state index is 0.103. The summed E-state index contributed by atoms with van der Waals surface area (Å²) in [5.41, 5.74) is 22.8. The summed E-state index contributed by atoms with van der Waals surface area (Å²) in [7, 11) is 0. The molecule has 0 radical (unpaired) electrons. The Labute approximate surface area is 349 Å². The lowest BCUT2D eigenvalue weighted by atomic mass is 9.70. The Kier molecular flexibility index (Phi) is 6.74. The van der Waals surface area contributed by atoms with Crippen LogP contribution in [0.4, 0.5) is 17.1 Å². The number of anilines is 3. The highest BCUT2D eigenvalue weighted by atomic mass is 16.3. The van der Waals surface area contributed by atoms with Crippen LogP contribution in [-0.4, -0.2) is 0 Å². The van der Waals surface area contributed by atoms with Crippen molar-refractivity contribution in [1.82, 2.24) is 0 Å². The van der Waals surface area contributed by atoms with E-state index in [1.807, 2.05) is 0 Å². The van der Waals surface area contributed by atoms with Crippen LogP contribution in [-0.2, 0) is 10.8 Å². The standard InChI is InChI=1S/C58H39NO/c1-57(2)47-26-10-6-20-41(47)44-31-30-39(35-52(44)57)59(37-17-4-3-5-18-37)38-19-14-16-36(34-38)40-24-15-25-46-55-53(60-56(40)46)33-32-51-54(55)45-23-9-13-29-50(45)58(51)48-27-11-7-21-42(48)43-22-8-12-28-49(43)58/h3-35H,1-2H3. The molecule has 60 heavy (non-hydrogen) atoms. The molecule has 3 aliphatic carbocycles. The van der Waals surface area contributed by atoms with E-state index < -0.39 is 5.41 Å². The molecule has 9 aromatic carbocycles. The van der Waals surface area contributed by atoms with E-state index in [1.54, 1.807) is 0 Å². The highest BCUT2D eigenvalue weighted by molar-refractivity contribution is 6.18. The van der Waals surface area contributed by atoms with E-state index in [1.165, 1.54) is 72.1 Å². The van der Waals surface area contributed by atoms with Gasteiger partial charge in [0.15, 0.2) is 0 Å². The largest absolute Gasteiger partial charge is 0.455 e. The van der Waals surface area contributed by atoms with Crippen LogP contribution in [0.2, 0.25) is 0 Å². The van der Waals surface area contributed by atoms with Crippen LogP contribution in [0, 0.1) is 0 Å². The summed E-state index contributed by atoms with van der Waals surface area (Å²) in [4.78, 5) is 2.39. The Morgan fingerprint density at radius 3 is 1.67 bits per heavy atom. The Morgan fingerprint density at radius 1 is 0.383 bits per heavy atom. The maximum atomic E-state index is 7.03. The van der Waals surface area contributed by atoms with Crippen LogP contribution in [0.5, 0.6) is 0 Å². The van der Waals surface area contributed by atoms with E-state index in [2.05, 4.69) is 219 Å². The van der Waals surface area contributed by atoms with E-state index in [4.69, 9.17) is 4.42 Å². The van der Waals surface area contributed by atoms with Crippen molar-refractivity contribution in [2.75, 3.05) is 4.90 Å². The lowest BCUT2D eigenvalue weighted by Crippen LogP contribution is -2.25. The van der Waals surface area contributed by atoms with Crippen molar-refractivity contribution >= 4 is 39.0 Å². The summed E-state index contributed by atoms with van der Waals surface area (Å²) in [6, 6.07) is 73.8. The number of fused-ring (bicyclic) bond motifs is 17. The quantitative estimate of drug-likeness (QED) is 0.177. The first-order valence-electron chi connectivity index (χ1n) is 21.0. The maximum Gasteiger partial charge on any atom is 0.143 e. The first-order chi connectivity index (χ1) is 29.5. The van der Waals surface area contributed by atoms with Gasteiger partial charge in [-0.1, -0.05) is 172 Å². The van der Waals surface area contributed by atoms with Crippen molar-refractivity contribution in [1.29, 1.82) is 0 Å². The molecule has 0 atom stereocenters. The van der Waals surface area contributed by atoms with Crippen LogP contribution in [0.1, 0.15) is 47.2 Å². The van der Waals surface area contributed by atoms with Crippen LogP contribution in [0.3, 0.4) is 0 Å². The third kappa shape index (κ3) is 4.27. The maximum absolute atomic E-state index is 7.03. The first kappa shape index (κ1) is 33.5. The second-order valence-electron chi connectivity index (χ2n) is 17.2. The summed E-state index contributed by atoms with van der Waals surface area (Å²) >= 11 is 0. The lowest BCUT2D eigenvalue weighted by molar-refractivity contribution is 0.660. The fourth-order valence-electron chi connectivity index (χ4n) is 11.4. The van der Waals surface area contributed by atoms with E-state index in [-0.39, 0.29) is 5.41 Å². The van der Waals surface area contributed by atoms with Gasteiger partial charge in [-0.15, -0.1) is 0 Å². The number of para-hydroxylation sites is 2. The van der Waals surface area contributed by atoms with Gasteiger partial charge in [-0.25, -0.2) is 0 Å². The van der Waals surface area contributed by atoms with Gasteiger partial charge in [0.1, 0.15) is 11.2 Å². The lowest BCUT2D eigenvalue weighted by Gasteiger charge is -2.30. The van der Waals surface area contributed by atoms with Crippen molar-refractivity contribution < 1.29 is 4.42 Å². The molecule has 282 valence electrons. The molecule has 0 amide bonds. The van der Waals surface area contributed by atoms with Crippen LogP contribution < -0.4 is 4.90 Å². The molecular weight excluding hydrogens is 727 g/mol. The zero-order valence-corrected chi connectivity index (χ0v) is 33.4. The Bertz CT molecular complexity index is 3380. The summed E-state index contributed by atoms with van der Waals surface area (Å²) < 4.78 is 7.03. The van der Waals surface area contributed by atoms with Crippen molar-refractivity contribution in [2.24, 2.45) is 0 Å². The van der Waals surface area contributed by atoms with Gasteiger partial charge in [0.2, 0.25) is 0 Å². The number of hydrogen-bond acceptors (Lipinski definition) is 2. The topological polar surface area (TPSA) is 16.4 Å². The molecule has 2 heteroatoms. The van der Waals surface area contributed by atoms with Crippen molar-refractivity contribution in [3.05, 3.63) is 234 Å². The molecule has 0 unspecified atom stereocenters. The number of hydrogen-bond donors (Lipinski definition) is 0. The Morgan fingerprint density at radius 2 is 0.933 bits per heavy atom. The molecule has 0 fully saturated rings. The molecule has 1 spiro atoms. The van der Waals surface area contributed by atoms with Crippen LogP contribution in [0.25, 0.3) is 66.4 Å². The first-order valence-corrected chi connectivity index (χ1v) is 21.0. The third-order valence-electron chi connectivity index (χ3n) is 13.9. The van der Waals surface area contributed by atoms with Gasteiger partial charge < -0.3 is 9.32 Å². The Balaban J connectivity index is 0.997. The second-order valence-corrected chi connectivity index (χ2v) is 17.2. The molecule has 3 aliphatic rings. The normalized spacial score (nSPS) is 14.4. The average molecular weight is 766 g/mol. The predicted octanol–water partition coefficient (Wildman–Crippen LogP) is 15.4. The van der Waals surface area contributed by atoms with E-state index in [0.29, 0.717) is 0 Å². The summed E-state index contributed by atoms with van der Waals surface area (Å²) in [6.45, 7) is 4.70. The summed E-state index contributed by atoms with van der Waals surface area (Å²) in [5.74, 6) is 0. The molecule has 2 nitrogen and oxygen atoms in total. The monoisotopic (exact) mass is 765 g/mol. The van der Waals surface area contributed by atoms with Gasteiger partial charge >= 0.3 is 0 Å². The highest BCUT2D eigenvalue weighted by Crippen LogP contribution is 2.64. The van der Waals surface area contributed by atoms with Gasteiger partial charge in [-0.05, 0) is 115 Å². The minimum atomic E-state index is -0.403. The fraction of sp³-hybridized carbons (Fsp3) is 0.0690. The number of nitrogens with zero attached hydrogens (tertiary/aromatic N) is 1. The van der Waals surface area contributed by atoms with Gasteiger partial charge in [0.05, 0.1) is 5.41 Å². The SMILES string of the molecule is CC1(C)c2ccccc2-c2ccc(N(c3ccccc3)c3cccc(-c4cccc5c4oc4ccc6c(c45)-c4ccccc4C64c5ccccc5-c5ccccc54)c3)cc21. The number of furan rings is 1. The van der Waals surface area contributed by atoms with Crippen molar-refractivity contribution in [2.45, 2.75) is 24.7 Å². The molecule has 0 aliphatic heterocycles. The van der Waals surface area contributed by atoms with Gasteiger partial charge in [-0.3, -0.25) is 0 Å². The van der Waals surface area contributed by atoms with E-state index >= 15 is 0 Å². The van der Waals surface area contributed by atoms with Gasteiger partial charge in [-0.2, -0.15) is 0 Å². The van der Waals surface area contributed by atoms with Crippen molar-refractivity contribution in [3.63, 3.8) is 0 Å². The molecule has 0 saturated heterocycles. The van der Waals surface area contributed by atoms with Crippen LogP contribution in [0.15, 0.2) is 205 Å². The molecular formula is C58H39NO. The number of benzene rings is 9. The Hall–Kier alpha value is -7.42. The van der Waals surface area contributed by atoms with Crippen LogP contribution >= 0.6 is 0 Å². The van der Waals surface area contributed by atoms with Gasteiger partial charge in [0, 0.05) is 38.8 Å². The smallest absolute Gasteiger partial charge is 0.143 e. The fourth-order valence-corrected chi connectivity index (χ4v) is 11.4. The molecule has 13 rings (SSSR count). The average Bonchev–Trinajstić information content (AvgIpc) is 3.99.